The molecular formula is C10H21ClN2OS. The summed E-state index contributed by atoms with van der Waals surface area (Å²) < 4.78 is 0. The molecule has 0 aliphatic carbocycles. The Hall–Kier alpha value is 0.0700. The Morgan fingerprint density at radius 2 is 2.20 bits per heavy atom. The largest absolute Gasteiger partial charge is 0.337 e. The number of thioether (sulfide) groups is 1. The Bertz CT molecular complexity index is 204. The van der Waals surface area contributed by atoms with E-state index in [0.717, 1.165) is 18.8 Å². The molecule has 1 fully saturated rings. The van der Waals surface area contributed by atoms with Crippen molar-refractivity contribution >= 4 is 30.1 Å². The molecule has 0 aromatic heterocycles. The predicted molar refractivity (Wildman–Crippen MR) is 68.9 cm³/mol. The van der Waals surface area contributed by atoms with Gasteiger partial charge in [0, 0.05) is 37.3 Å². The predicted octanol–water partition coefficient (Wildman–Crippen LogP) is 1.37. The minimum Gasteiger partial charge on any atom is -0.337 e. The van der Waals surface area contributed by atoms with E-state index in [9.17, 15) is 4.79 Å². The van der Waals surface area contributed by atoms with E-state index in [1.165, 1.54) is 0 Å². The highest BCUT2D eigenvalue weighted by atomic mass is 35.5. The maximum Gasteiger partial charge on any atom is 0.223 e. The highest BCUT2D eigenvalue weighted by Gasteiger charge is 2.25. The van der Waals surface area contributed by atoms with E-state index in [1.807, 2.05) is 11.2 Å². The standard InChI is InChI=1S/C10H20N2OS.ClH/c1-8-7-12(9(2)6-11-8)10(13)4-5-14-3;/h8-9,11H,4-7H2,1-3H3;1H. The summed E-state index contributed by atoms with van der Waals surface area (Å²) >= 11 is 1.73. The molecule has 3 nitrogen and oxygen atoms in total. The van der Waals surface area contributed by atoms with Crippen molar-refractivity contribution in [2.45, 2.75) is 32.4 Å². The highest BCUT2D eigenvalue weighted by Crippen LogP contribution is 2.09. The lowest BCUT2D eigenvalue weighted by Crippen LogP contribution is -2.56. The fourth-order valence-corrected chi connectivity index (χ4v) is 2.08. The van der Waals surface area contributed by atoms with Gasteiger partial charge in [-0.25, -0.2) is 0 Å². The first-order chi connectivity index (χ1) is 6.65. The summed E-state index contributed by atoms with van der Waals surface area (Å²) in [6.45, 7) is 6.01. The molecule has 1 heterocycles. The van der Waals surface area contributed by atoms with Crippen LogP contribution in [-0.2, 0) is 4.79 Å². The number of carbonyl (C=O) groups excluding carboxylic acids is 1. The van der Waals surface area contributed by atoms with Crippen molar-refractivity contribution in [1.29, 1.82) is 0 Å². The number of halogens is 1. The lowest BCUT2D eigenvalue weighted by molar-refractivity contribution is -0.134. The van der Waals surface area contributed by atoms with Crippen molar-refractivity contribution in [2.24, 2.45) is 0 Å². The van der Waals surface area contributed by atoms with Crippen molar-refractivity contribution in [3.05, 3.63) is 0 Å². The fraction of sp³-hybridized carbons (Fsp3) is 0.900. The first-order valence-electron chi connectivity index (χ1n) is 5.17. The number of nitrogens with zero attached hydrogens (tertiary/aromatic N) is 1. The van der Waals surface area contributed by atoms with E-state index in [0.29, 0.717) is 24.4 Å². The van der Waals surface area contributed by atoms with Crippen LogP contribution in [0.3, 0.4) is 0 Å². The van der Waals surface area contributed by atoms with Gasteiger partial charge in [-0.3, -0.25) is 4.79 Å². The van der Waals surface area contributed by atoms with Gasteiger partial charge in [-0.15, -0.1) is 12.4 Å². The number of piperazine rings is 1. The molecule has 5 heteroatoms. The Balaban J connectivity index is 0.00000196. The van der Waals surface area contributed by atoms with Gasteiger partial charge in [-0.1, -0.05) is 0 Å². The number of hydrogen-bond donors (Lipinski definition) is 1. The summed E-state index contributed by atoms with van der Waals surface area (Å²) in [5.41, 5.74) is 0. The molecule has 2 atom stereocenters. The number of carbonyl (C=O) groups is 1. The second-order valence-corrected chi connectivity index (χ2v) is 4.93. The van der Waals surface area contributed by atoms with Gasteiger partial charge < -0.3 is 10.2 Å². The third kappa shape index (κ3) is 4.62. The molecule has 2 unspecified atom stereocenters. The van der Waals surface area contributed by atoms with Gasteiger partial charge >= 0.3 is 0 Å². The lowest BCUT2D eigenvalue weighted by atomic mass is 10.1. The molecule has 1 aliphatic rings. The number of nitrogens with one attached hydrogen (secondary N) is 1. The third-order valence-corrected chi connectivity index (χ3v) is 3.22. The average Bonchev–Trinajstić information content (AvgIpc) is 2.18. The first kappa shape index (κ1) is 15.1. The smallest absolute Gasteiger partial charge is 0.223 e. The molecule has 0 radical (unpaired) electrons. The molecule has 1 aliphatic heterocycles. The zero-order chi connectivity index (χ0) is 10.6. The first-order valence-corrected chi connectivity index (χ1v) is 6.56. The number of rotatable bonds is 3. The van der Waals surface area contributed by atoms with Crippen molar-refractivity contribution in [3.63, 3.8) is 0 Å². The molecule has 1 N–H and O–H groups in total. The summed E-state index contributed by atoms with van der Waals surface area (Å²) in [5, 5.41) is 3.37. The summed E-state index contributed by atoms with van der Waals surface area (Å²) in [6, 6.07) is 0.782. The van der Waals surface area contributed by atoms with Crippen molar-refractivity contribution in [1.82, 2.24) is 10.2 Å². The van der Waals surface area contributed by atoms with E-state index in [1.54, 1.807) is 11.8 Å². The monoisotopic (exact) mass is 252 g/mol. The van der Waals surface area contributed by atoms with Gasteiger partial charge in [0.15, 0.2) is 0 Å². The van der Waals surface area contributed by atoms with Crippen LogP contribution in [-0.4, -0.2) is 48.0 Å². The lowest BCUT2D eigenvalue weighted by Gasteiger charge is -2.37. The molecule has 0 spiro atoms. The Kier molecular flexibility index (Phi) is 7.40. The van der Waals surface area contributed by atoms with Crippen molar-refractivity contribution < 1.29 is 4.79 Å². The Labute approximate surface area is 103 Å². The van der Waals surface area contributed by atoms with Crippen LogP contribution < -0.4 is 5.32 Å². The minimum absolute atomic E-state index is 0. The van der Waals surface area contributed by atoms with Gasteiger partial charge in [0.2, 0.25) is 5.91 Å². The zero-order valence-corrected chi connectivity index (χ0v) is 11.3. The molecule has 15 heavy (non-hydrogen) atoms. The Morgan fingerprint density at radius 3 is 2.80 bits per heavy atom. The summed E-state index contributed by atoms with van der Waals surface area (Å²) in [4.78, 5) is 13.8. The second-order valence-electron chi connectivity index (χ2n) is 3.95. The average molecular weight is 253 g/mol. The molecule has 0 aromatic carbocycles. The zero-order valence-electron chi connectivity index (χ0n) is 9.66. The molecule has 0 aromatic rings. The minimum atomic E-state index is 0. The molecule has 1 saturated heterocycles. The van der Waals surface area contributed by atoms with Gasteiger partial charge in [0.25, 0.3) is 0 Å². The topological polar surface area (TPSA) is 32.3 Å². The quantitative estimate of drug-likeness (QED) is 0.824. The van der Waals surface area contributed by atoms with E-state index in [2.05, 4.69) is 19.2 Å². The molecule has 0 bridgehead atoms. The van der Waals surface area contributed by atoms with Crippen molar-refractivity contribution in [3.8, 4) is 0 Å². The molecule has 90 valence electrons. The van der Waals surface area contributed by atoms with Crippen molar-refractivity contribution in [2.75, 3.05) is 25.1 Å². The summed E-state index contributed by atoms with van der Waals surface area (Å²) in [7, 11) is 0. The van der Waals surface area contributed by atoms with E-state index >= 15 is 0 Å². The van der Waals surface area contributed by atoms with Gasteiger partial charge in [-0.05, 0) is 20.1 Å². The van der Waals surface area contributed by atoms with Crippen LogP contribution in [0.15, 0.2) is 0 Å². The van der Waals surface area contributed by atoms with E-state index in [-0.39, 0.29) is 12.4 Å². The van der Waals surface area contributed by atoms with Crippen LogP contribution in [0.4, 0.5) is 0 Å². The third-order valence-electron chi connectivity index (χ3n) is 2.60. The van der Waals surface area contributed by atoms with Crippen LogP contribution in [0.1, 0.15) is 20.3 Å². The summed E-state index contributed by atoms with van der Waals surface area (Å²) in [5.74, 6) is 1.24. The van der Waals surface area contributed by atoms with Crippen LogP contribution in [0.2, 0.25) is 0 Å². The number of hydrogen-bond acceptors (Lipinski definition) is 3. The molecule has 1 amide bonds. The maximum atomic E-state index is 11.8. The number of amides is 1. The van der Waals surface area contributed by atoms with Gasteiger partial charge in [-0.2, -0.15) is 11.8 Å². The van der Waals surface area contributed by atoms with Crippen LogP contribution in [0, 0.1) is 0 Å². The maximum absolute atomic E-state index is 11.8. The molecule has 0 saturated carbocycles. The van der Waals surface area contributed by atoms with Crippen LogP contribution in [0.25, 0.3) is 0 Å². The van der Waals surface area contributed by atoms with E-state index in [4.69, 9.17) is 0 Å². The van der Waals surface area contributed by atoms with Crippen LogP contribution >= 0.6 is 24.2 Å². The van der Waals surface area contributed by atoms with Gasteiger partial charge in [0.05, 0.1) is 0 Å². The summed E-state index contributed by atoms with van der Waals surface area (Å²) in [6.07, 6.45) is 2.72. The normalized spacial score (nSPS) is 25.9. The fourth-order valence-electron chi connectivity index (χ4n) is 1.70. The van der Waals surface area contributed by atoms with Gasteiger partial charge in [0.1, 0.15) is 0 Å². The van der Waals surface area contributed by atoms with E-state index < -0.39 is 0 Å². The molecule has 1 rings (SSSR count). The SMILES string of the molecule is CSCCC(=O)N1CC(C)NCC1C.Cl. The Morgan fingerprint density at radius 1 is 1.53 bits per heavy atom. The van der Waals surface area contributed by atoms with Crippen LogP contribution in [0.5, 0.6) is 0 Å². The highest BCUT2D eigenvalue weighted by molar-refractivity contribution is 7.98. The second kappa shape index (κ2) is 7.36. The molecular weight excluding hydrogens is 232 g/mol.